The Hall–Kier alpha value is -1.88. The number of nitrogens with two attached hydrogens (primary N) is 1. The van der Waals surface area contributed by atoms with E-state index in [1.165, 1.54) is 5.69 Å². The zero-order valence-corrected chi connectivity index (χ0v) is 12.2. The Balaban J connectivity index is 1.69. The molecule has 1 aliphatic heterocycles. The maximum atomic E-state index is 6.05. The number of aromatic nitrogens is 2. The molecule has 0 radical (unpaired) electrons. The first-order chi connectivity index (χ1) is 9.63. The second kappa shape index (κ2) is 5.25. The highest BCUT2D eigenvalue weighted by molar-refractivity contribution is 6.30. The first-order valence-corrected chi connectivity index (χ1v) is 7.06. The summed E-state index contributed by atoms with van der Waals surface area (Å²) in [5.41, 5.74) is 7.89. The number of nitrogens with zero attached hydrogens (tertiary/aromatic N) is 4. The van der Waals surface area contributed by atoms with Crippen LogP contribution in [0.3, 0.4) is 0 Å². The van der Waals surface area contributed by atoms with E-state index >= 15 is 0 Å². The Bertz CT molecular complexity index is 601. The number of nitrogen functional groups attached to an aromatic ring is 1. The largest absolute Gasteiger partial charge is 0.394 e. The first kappa shape index (κ1) is 13.1. The number of hydrogen-bond acceptors (Lipinski definition) is 4. The van der Waals surface area contributed by atoms with Crippen LogP contribution in [0.2, 0.25) is 5.02 Å². The van der Waals surface area contributed by atoms with Crippen molar-refractivity contribution in [1.29, 1.82) is 0 Å². The number of halogens is 1. The summed E-state index contributed by atoms with van der Waals surface area (Å²) in [5.74, 6) is 0.887. The average Bonchev–Trinajstić information content (AvgIpc) is 2.78. The van der Waals surface area contributed by atoms with Gasteiger partial charge in [0, 0.05) is 50.1 Å². The summed E-state index contributed by atoms with van der Waals surface area (Å²) in [6, 6.07) is 7.99. The second-order valence-electron chi connectivity index (χ2n) is 5.04. The zero-order valence-electron chi connectivity index (χ0n) is 11.5. The fourth-order valence-corrected chi connectivity index (χ4v) is 2.77. The smallest absolute Gasteiger partial charge is 0.173 e. The molecule has 6 heteroatoms. The predicted octanol–water partition coefficient (Wildman–Crippen LogP) is 1.98. The summed E-state index contributed by atoms with van der Waals surface area (Å²) in [7, 11) is 1.89. The van der Waals surface area contributed by atoms with Gasteiger partial charge < -0.3 is 15.5 Å². The van der Waals surface area contributed by atoms with Crippen LogP contribution in [0.1, 0.15) is 0 Å². The molecule has 1 aliphatic rings. The summed E-state index contributed by atoms with van der Waals surface area (Å²) >= 11 is 6.05. The third kappa shape index (κ3) is 2.54. The van der Waals surface area contributed by atoms with Gasteiger partial charge in [0.1, 0.15) is 0 Å². The van der Waals surface area contributed by atoms with Gasteiger partial charge in [-0.25, -0.2) is 0 Å². The molecule has 2 aromatic rings. The third-order valence-corrected chi connectivity index (χ3v) is 3.82. The van der Waals surface area contributed by atoms with Crippen molar-refractivity contribution in [2.24, 2.45) is 7.05 Å². The van der Waals surface area contributed by atoms with Gasteiger partial charge in [0.05, 0.1) is 5.69 Å². The van der Waals surface area contributed by atoms with E-state index in [1.807, 2.05) is 31.4 Å². The van der Waals surface area contributed by atoms with Gasteiger partial charge >= 0.3 is 0 Å². The first-order valence-electron chi connectivity index (χ1n) is 6.68. The molecule has 106 valence electrons. The Morgan fingerprint density at radius 2 is 1.85 bits per heavy atom. The van der Waals surface area contributed by atoms with E-state index in [4.69, 9.17) is 17.3 Å². The van der Waals surface area contributed by atoms with E-state index in [2.05, 4.69) is 21.0 Å². The molecule has 2 N–H and O–H groups in total. The van der Waals surface area contributed by atoms with Crippen LogP contribution in [0.4, 0.5) is 17.2 Å². The van der Waals surface area contributed by atoms with Crippen molar-refractivity contribution >= 4 is 28.8 Å². The van der Waals surface area contributed by atoms with Crippen molar-refractivity contribution in [2.75, 3.05) is 41.7 Å². The Labute approximate surface area is 123 Å². The van der Waals surface area contributed by atoms with E-state index in [0.717, 1.165) is 42.7 Å². The van der Waals surface area contributed by atoms with E-state index in [1.54, 1.807) is 4.68 Å². The molecule has 0 bridgehead atoms. The van der Waals surface area contributed by atoms with Crippen LogP contribution in [0.25, 0.3) is 0 Å². The molecule has 0 atom stereocenters. The molecule has 1 fully saturated rings. The number of piperazine rings is 1. The van der Waals surface area contributed by atoms with Gasteiger partial charge in [-0.05, 0) is 18.2 Å². The zero-order chi connectivity index (χ0) is 14.1. The summed E-state index contributed by atoms with van der Waals surface area (Å²) in [6.45, 7) is 3.70. The van der Waals surface area contributed by atoms with Gasteiger partial charge in [-0.2, -0.15) is 5.10 Å². The Morgan fingerprint density at radius 1 is 1.15 bits per heavy atom. The molecule has 5 nitrogen and oxygen atoms in total. The van der Waals surface area contributed by atoms with Crippen LogP contribution in [-0.4, -0.2) is 36.0 Å². The molecule has 0 unspecified atom stereocenters. The molecule has 0 amide bonds. The normalized spacial score (nSPS) is 15.7. The molecule has 1 aromatic carbocycles. The molecular weight excluding hydrogens is 274 g/mol. The lowest BCUT2D eigenvalue weighted by molar-refractivity contribution is 0.639. The van der Waals surface area contributed by atoms with Crippen molar-refractivity contribution in [3.05, 3.63) is 35.5 Å². The molecule has 0 spiro atoms. The van der Waals surface area contributed by atoms with Crippen LogP contribution in [0, 0.1) is 0 Å². The highest BCUT2D eigenvalue weighted by atomic mass is 35.5. The van der Waals surface area contributed by atoms with Crippen molar-refractivity contribution in [3.8, 4) is 0 Å². The minimum atomic E-state index is 0.740. The van der Waals surface area contributed by atoms with Gasteiger partial charge in [-0.15, -0.1) is 0 Å². The summed E-state index contributed by atoms with van der Waals surface area (Å²) < 4.78 is 1.76. The standard InChI is InChI=1S/C14H18ClN5/c1-18-10-13(16)14(17-18)20-7-5-19(6-8-20)12-4-2-3-11(15)9-12/h2-4,9-10H,5-8,16H2,1H3. The predicted molar refractivity (Wildman–Crippen MR) is 83.5 cm³/mol. The quantitative estimate of drug-likeness (QED) is 0.919. The summed E-state index contributed by atoms with van der Waals surface area (Å²) in [4.78, 5) is 4.57. The van der Waals surface area contributed by atoms with Crippen LogP contribution in [0.5, 0.6) is 0 Å². The lowest BCUT2D eigenvalue weighted by Gasteiger charge is -2.36. The fourth-order valence-electron chi connectivity index (χ4n) is 2.59. The van der Waals surface area contributed by atoms with Gasteiger partial charge in [0.25, 0.3) is 0 Å². The lowest BCUT2D eigenvalue weighted by Crippen LogP contribution is -2.46. The maximum absolute atomic E-state index is 6.05. The number of hydrogen-bond donors (Lipinski definition) is 1. The molecular formula is C14H18ClN5. The molecule has 3 rings (SSSR count). The van der Waals surface area contributed by atoms with Crippen molar-refractivity contribution < 1.29 is 0 Å². The van der Waals surface area contributed by atoms with Crippen LogP contribution in [0.15, 0.2) is 30.5 Å². The molecule has 20 heavy (non-hydrogen) atoms. The van der Waals surface area contributed by atoms with E-state index in [-0.39, 0.29) is 0 Å². The van der Waals surface area contributed by atoms with Crippen LogP contribution < -0.4 is 15.5 Å². The minimum Gasteiger partial charge on any atom is -0.394 e. The summed E-state index contributed by atoms with van der Waals surface area (Å²) in [5, 5.41) is 5.20. The van der Waals surface area contributed by atoms with E-state index in [9.17, 15) is 0 Å². The minimum absolute atomic E-state index is 0.740. The third-order valence-electron chi connectivity index (χ3n) is 3.59. The Morgan fingerprint density at radius 3 is 2.45 bits per heavy atom. The maximum Gasteiger partial charge on any atom is 0.173 e. The fraction of sp³-hybridized carbons (Fsp3) is 0.357. The van der Waals surface area contributed by atoms with E-state index in [0.29, 0.717) is 0 Å². The SMILES string of the molecule is Cn1cc(N)c(N2CCN(c3cccc(Cl)c3)CC2)n1. The van der Waals surface area contributed by atoms with Crippen molar-refractivity contribution in [3.63, 3.8) is 0 Å². The number of benzene rings is 1. The van der Waals surface area contributed by atoms with Gasteiger partial charge in [0.15, 0.2) is 5.82 Å². The monoisotopic (exact) mass is 291 g/mol. The molecule has 0 saturated carbocycles. The van der Waals surface area contributed by atoms with Gasteiger partial charge in [-0.3, -0.25) is 4.68 Å². The number of rotatable bonds is 2. The summed E-state index contributed by atoms with van der Waals surface area (Å²) in [6.07, 6.45) is 1.85. The van der Waals surface area contributed by atoms with Crippen LogP contribution >= 0.6 is 11.6 Å². The molecule has 1 aromatic heterocycles. The molecule has 2 heterocycles. The van der Waals surface area contributed by atoms with Gasteiger partial charge in [-0.1, -0.05) is 17.7 Å². The average molecular weight is 292 g/mol. The highest BCUT2D eigenvalue weighted by Crippen LogP contribution is 2.24. The van der Waals surface area contributed by atoms with Crippen molar-refractivity contribution in [2.45, 2.75) is 0 Å². The lowest BCUT2D eigenvalue weighted by atomic mass is 10.2. The molecule has 1 saturated heterocycles. The second-order valence-corrected chi connectivity index (χ2v) is 5.47. The molecule has 0 aliphatic carbocycles. The van der Waals surface area contributed by atoms with E-state index < -0.39 is 0 Å². The van der Waals surface area contributed by atoms with Crippen LogP contribution in [-0.2, 0) is 7.05 Å². The topological polar surface area (TPSA) is 50.3 Å². The number of aryl methyl sites for hydroxylation is 1. The van der Waals surface area contributed by atoms with Crippen molar-refractivity contribution in [1.82, 2.24) is 9.78 Å². The number of anilines is 3. The highest BCUT2D eigenvalue weighted by Gasteiger charge is 2.21. The Kier molecular flexibility index (Phi) is 3.44. The van der Waals surface area contributed by atoms with Gasteiger partial charge in [0.2, 0.25) is 0 Å².